The van der Waals surface area contributed by atoms with Crippen LogP contribution >= 0.6 is 0 Å². The predicted octanol–water partition coefficient (Wildman–Crippen LogP) is 2.16. The van der Waals surface area contributed by atoms with Crippen LogP contribution in [0.3, 0.4) is 0 Å². The molecule has 0 atom stereocenters. The summed E-state index contributed by atoms with van der Waals surface area (Å²) in [4.78, 5) is 11.0. The van der Waals surface area contributed by atoms with Gasteiger partial charge < -0.3 is 9.47 Å². The Labute approximate surface area is 90.0 Å². The molecule has 0 amide bonds. The minimum absolute atomic E-state index is 0.0227. The molecular formula is C12H16O3. The fourth-order valence-electron chi connectivity index (χ4n) is 1.08. The van der Waals surface area contributed by atoms with Crippen LogP contribution in [-0.4, -0.2) is 19.2 Å². The summed E-state index contributed by atoms with van der Waals surface area (Å²) in [6, 6.07) is 9.73. The summed E-state index contributed by atoms with van der Waals surface area (Å²) < 4.78 is 10.1. The van der Waals surface area contributed by atoms with Crippen molar-refractivity contribution in [3.63, 3.8) is 0 Å². The molecule has 1 aromatic rings. The van der Waals surface area contributed by atoms with E-state index in [1.54, 1.807) is 0 Å². The summed E-state index contributed by atoms with van der Waals surface area (Å²) in [6.45, 7) is 2.89. The highest BCUT2D eigenvalue weighted by Gasteiger charge is 2.01. The minimum Gasteiger partial charge on any atom is -0.464 e. The molecule has 3 nitrogen and oxygen atoms in total. The molecule has 1 rings (SSSR count). The maximum atomic E-state index is 11.0. The van der Waals surface area contributed by atoms with Gasteiger partial charge in [-0.05, 0) is 12.0 Å². The Bertz CT molecular complexity index is 282. The van der Waals surface area contributed by atoms with Crippen molar-refractivity contribution in [1.29, 1.82) is 0 Å². The van der Waals surface area contributed by atoms with Gasteiger partial charge in [-0.3, -0.25) is 0 Å². The van der Waals surface area contributed by atoms with Gasteiger partial charge in [0.1, 0.15) is 6.61 Å². The van der Waals surface area contributed by atoms with Gasteiger partial charge >= 0.3 is 5.97 Å². The normalized spacial score (nSPS) is 9.93. The SMILES string of the molecule is CCCOC(=O)COCc1ccccc1. The van der Waals surface area contributed by atoms with E-state index in [2.05, 4.69) is 0 Å². The fourth-order valence-corrected chi connectivity index (χ4v) is 1.08. The summed E-state index contributed by atoms with van der Waals surface area (Å²) in [7, 11) is 0. The third-order valence-corrected chi connectivity index (χ3v) is 1.80. The molecule has 82 valence electrons. The van der Waals surface area contributed by atoms with E-state index in [0.717, 1.165) is 12.0 Å². The summed E-state index contributed by atoms with van der Waals surface area (Å²) in [5, 5.41) is 0. The van der Waals surface area contributed by atoms with Crippen LogP contribution in [0, 0.1) is 0 Å². The Morgan fingerprint density at radius 3 is 2.67 bits per heavy atom. The van der Waals surface area contributed by atoms with E-state index in [-0.39, 0.29) is 12.6 Å². The van der Waals surface area contributed by atoms with E-state index in [1.807, 2.05) is 37.3 Å². The maximum Gasteiger partial charge on any atom is 0.332 e. The molecule has 0 aliphatic carbocycles. The smallest absolute Gasteiger partial charge is 0.332 e. The van der Waals surface area contributed by atoms with Gasteiger partial charge in [0.15, 0.2) is 0 Å². The van der Waals surface area contributed by atoms with E-state index >= 15 is 0 Å². The van der Waals surface area contributed by atoms with Gasteiger partial charge in [0.2, 0.25) is 0 Å². The molecule has 0 aliphatic rings. The molecule has 0 radical (unpaired) electrons. The van der Waals surface area contributed by atoms with Crippen molar-refractivity contribution >= 4 is 5.97 Å². The average molecular weight is 208 g/mol. The van der Waals surface area contributed by atoms with Crippen LogP contribution in [0.2, 0.25) is 0 Å². The monoisotopic (exact) mass is 208 g/mol. The van der Waals surface area contributed by atoms with Crippen molar-refractivity contribution in [2.75, 3.05) is 13.2 Å². The number of esters is 1. The quantitative estimate of drug-likeness (QED) is 0.672. The van der Waals surface area contributed by atoms with Gasteiger partial charge in [0, 0.05) is 0 Å². The van der Waals surface area contributed by atoms with Crippen LogP contribution in [0.25, 0.3) is 0 Å². The van der Waals surface area contributed by atoms with Gasteiger partial charge in [-0.2, -0.15) is 0 Å². The van der Waals surface area contributed by atoms with Crippen molar-refractivity contribution in [2.45, 2.75) is 20.0 Å². The topological polar surface area (TPSA) is 35.5 Å². The number of carbonyl (C=O) groups excluding carboxylic acids is 1. The summed E-state index contributed by atoms with van der Waals surface area (Å²) >= 11 is 0. The number of rotatable bonds is 6. The average Bonchev–Trinajstić information content (AvgIpc) is 2.28. The Morgan fingerprint density at radius 1 is 1.27 bits per heavy atom. The van der Waals surface area contributed by atoms with E-state index in [9.17, 15) is 4.79 Å². The lowest BCUT2D eigenvalue weighted by Crippen LogP contribution is -2.12. The number of hydrogen-bond donors (Lipinski definition) is 0. The molecule has 0 saturated heterocycles. The molecule has 0 N–H and O–H groups in total. The molecule has 3 heteroatoms. The third-order valence-electron chi connectivity index (χ3n) is 1.80. The number of benzene rings is 1. The first-order valence-corrected chi connectivity index (χ1v) is 5.10. The zero-order valence-electron chi connectivity index (χ0n) is 8.94. The molecular weight excluding hydrogens is 192 g/mol. The van der Waals surface area contributed by atoms with Crippen molar-refractivity contribution in [1.82, 2.24) is 0 Å². The van der Waals surface area contributed by atoms with Gasteiger partial charge in [-0.15, -0.1) is 0 Å². The molecule has 0 heterocycles. The third kappa shape index (κ3) is 5.18. The Morgan fingerprint density at radius 2 is 2.00 bits per heavy atom. The van der Waals surface area contributed by atoms with Crippen LogP contribution in [0.15, 0.2) is 30.3 Å². The second kappa shape index (κ2) is 7.01. The lowest BCUT2D eigenvalue weighted by atomic mass is 10.2. The van der Waals surface area contributed by atoms with Gasteiger partial charge in [0.05, 0.1) is 13.2 Å². The summed E-state index contributed by atoms with van der Waals surface area (Å²) in [6.07, 6.45) is 0.838. The Kier molecular flexibility index (Phi) is 5.48. The van der Waals surface area contributed by atoms with Crippen LogP contribution in [0.4, 0.5) is 0 Å². The van der Waals surface area contributed by atoms with E-state index in [4.69, 9.17) is 9.47 Å². The zero-order valence-corrected chi connectivity index (χ0v) is 8.94. The van der Waals surface area contributed by atoms with Crippen LogP contribution < -0.4 is 0 Å². The molecule has 0 fully saturated rings. The molecule has 0 aromatic heterocycles. The highest BCUT2D eigenvalue weighted by atomic mass is 16.6. The molecule has 0 spiro atoms. The standard InChI is InChI=1S/C12H16O3/c1-2-8-15-12(13)10-14-9-11-6-4-3-5-7-11/h3-7H,2,8-10H2,1H3. The lowest BCUT2D eigenvalue weighted by Gasteiger charge is -2.04. The highest BCUT2D eigenvalue weighted by Crippen LogP contribution is 2.00. The van der Waals surface area contributed by atoms with E-state index < -0.39 is 0 Å². The first-order valence-electron chi connectivity index (χ1n) is 5.10. The number of carbonyl (C=O) groups is 1. The van der Waals surface area contributed by atoms with Gasteiger partial charge in [-0.25, -0.2) is 4.79 Å². The van der Waals surface area contributed by atoms with Gasteiger partial charge in [-0.1, -0.05) is 37.3 Å². The Balaban J connectivity index is 2.14. The largest absolute Gasteiger partial charge is 0.464 e. The zero-order chi connectivity index (χ0) is 10.9. The van der Waals surface area contributed by atoms with Crippen molar-refractivity contribution in [3.8, 4) is 0 Å². The van der Waals surface area contributed by atoms with Crippen LogP contribution in [0.5, 0.6) is 0 Å². The van der Waals surface area contributed by atoms with E-state index in [1.165, 1.54) is 0 Å². The number of hydrogen-bond acceptors (Lipinski definition) is 3. The van der Waals surface area contributed by atoms with Crippen molar-refractivity contribution < 1.29 is 14.3 Å². The van der Waals surface area contributed by atoms with E-state index in [0.29, 0.717) is 13.2 Å². The van der Waals surface area contributed by atoms with Crippen LogP contribution in [0.1, 0.15) is 18.9 Å². The fraction of sp³-hybridized carbons (Fsp3) is 0.417. The minimum atomic E-state index is -0.298. The molecule has 0 saturated carbocycles. The highest BCUT2D eigenvalue weighted by molar-refractivity contribution is 5.70. The van der Waals surface area contributed by atoms with Gasteiger partial charge in [0.25, 0.3) is 0 Å². The molecule has 15 heavy (non-hydrogen) atoms. The summed E-state index contributed by atoms with van der Waals surface area (Å²) in [5.74, 6) is -0.298. The second-order valence-corrected chi connectivity index (χ2v) is 3.20. The van der Waals surface area contributed by atoms with Crippen LogP contribution in [-0.2, 0) is 20.9 Å². The molecule has 1 aromatic carbocycles. The second-order valence-electron chi connectivity index (χ2n) is 3.20. The Hall–Kier alpha value is -1.35. The number of ether oxygens (including phenoxy) is 2. The summed E-state index contributed by atoms with van der Waals surface area (Å²) in [5.41, 5.74) is 1.06. The predicted molar refractivity (Wildman–Crippen MR) is 57.3 cm³/mol. The lowest BCUT2D eigenvalue weighted by molar-refractivity contribution is -0.149. The first-order chi connectivity index (χ1) is 7.33. The molecule has 0 aliphatic heterocycles. The van der Waals surface area contributed by atoms with Crippen molar-refractivity contribution in [3.05, 3.63) is 35.9 Å². The maximum absolute atomic E-state index is 11.0. The first kappa shape index (κ1) is 11.7. The molecule has 0 bridgehead atoms. The van der Waals surface area contributed by atoms with Crippen molar-refractivity contribution in [2.24, 2.45) is 0 Å². The molecule has 0 unspecified atom stereocenters.